The lowest BCUT2D eigenvalue weighted by atomic mass is 9.85. The number of hydrogen-bond donors (Lipinski definition) is 1. The average Bonchev–Trinajstić information content (AvgIpc) is 3.30. The maximum atomic E-state index is 6.49. The highest BCUT2D eigenvalue weighted by Crippen LogP contribution is 2.32. The van der Waals surface area contributed by atoms with Gasteiger partial charge < -0.3 is 10.2 Å². The van der Waals surface area contributed by atoms with Gasteiger partial charge >= 0.3 is 0 Å². The van der Waals surface area contributed by atoms with Crippen LogP contribution in [0, 0.1) is 5.92 Å². The first-order valence-corrected chi connectivity index (χ1v) is 8.77. The van der Waals surface area contributed by atoms with Crippen molar-refractivity contribution in [2.24, 2.45) is 5.92 Å². The molecule has 0 aromatic heterocycles. The standard InChI is InChI=1S/C18H27ClN2/c1-13-5-3-4-6-18(13)21(2)16-10-7-14(17(19)11-16)12-20-15-8-9-15/h7,10-11,13,15,18,20H,3-6,8-9,12H2,1-2H3. The van der Waals surface area contributed by atoms with Gasteiger partial charge in [0.05, 0.1) is 0 Å². The van der Waals surface area contributed by atoms with Crippen LogP contribution < -0.4 is 10.2 Å². The van der Waals surface area contributed by atoms with E-state index in [2.05, 4.69) is 42.4 Å². The third kappa shape index (κ3) is 3.73. The zero-order chi connectivity index (χ0) is 14.8. The predicted molar refractivity (Wildman–Crippen MR) is 91.1 cm³/mol. The molecule has 3 heteroatoms. The highest BCUT2D eigenvalue weighted by Gasteiger charge is 2.25. The average molecular weight is 307 g/mol. The number of nitrogens with zero attached hydrogens (tertiary/aromatic N) is 1. The molecule has 2 fully saturated rings. The van der Waals surface area contributed by atoms with Crippen molar-refractivity contribution in [3.05, 3.63) is 28.8 Å². The molecule has 2 saturated carbocycles. The van der Waals surface area contributed by atoms with Gasteiger partial charge in [-0.15, -0.1) is 0 Å². The third-order valence-corrected chi connectivity index (χ3v) is 5.52. The molecule has 2 atom stereocenters. The van der Waals surface area contributed by atoms with Gasteiger partial charge in [-0.05, 0) is 49.3 Å². The van der Waals surface area contributed by atoms with Crippen molar-refractivity contribution in [1.29, 1.82) is 0 Å². The molecule has 0 radical (unpaired) electrons. The number of halogens is 1. The Morgan fingerprint density at radius 3 is 2.62 bits per heavy atom. The van der Waals surface area contributed by atoms with E-state index in [1.165, 1.54) is 49.8 Å². The van der Waals surface area contributed by atoms with Crippen LogP contribution in [0.5, 0.6) is 0 Å². The second-order valence-electron chi connectivity index (χ2n) is 6.87. The van der Waals surface area contributed by atoms with E-state index in [0.717, 1.165) is 23.5 Å². The molecule has 1 aromatic carbocycles. The van der Waals surface area contributed by atoms with Crippen LogP contribution in [-0.2, 0) is 6.54 Å². The van der Waals surface area contributed by atoms with Crippen molar-refractivity contribution in [2.45, 2.75) is 64.1 Å². The summed E-state index contributed by atoms with van der Waals surface area (Å²) in [5.74, 6) is 0.777. The molecular formula is C18H27ClN2. The van der Waals surface area contributed by atoms with Gasteiger partial charge in [-0.2, -0.15) is 0 Å². The van der Waals surface area contributed by atoms with Gasteiger partial charge in [0.25, 0.3) is 0 Å². The van der Waals surface area contributed by atoms with Gasteiger partial charge in [0.15, 0.2) is 0 Å². The smallest absolute Gasteiger partial charge is 0.0471 e. The lowest BCUT2D eigenvalue weighted by Gasteiger charge is -2.37. The van der Waals surface area contributed by atoms with Crippen LogP contribution in [0.2, 0.25) is 5.02 Å². The summed E-state index contributed by atoms with van der Waals surface area (Å²) in [5.41, 5.74) is 2.48. The largest absolute Gasteiger partial charge is 0.371 e. The molecule has 1 N–H and O–H groups in total. The minimum Gasteiger partial charge on any atom is -0.371 e. The monoisotopic (exact) mass is 306 g/mol. The molecule has 3 rings (SSSR count). The van der Waals surface area contributed by atoms with E-state index in [1.54, 1.807) is 0 Å². The Morgan fingerprint density at radius 1 is 1.19 bits per heavy atom. The van der Waals surface area contributed by atoms with Crippen molar-refractivity contribution >= 4 is 17.3 Å². The molecule has 0 spiro atoms. The van der Waals surface area contributed by atoms with Gasteiger partial charge in [0.2, 0.25) is 0 Å². The van der Waals surface area contributed by atoms with Crippen LogP contribution in [0.1, 0.15) is 51.0 Å². The molecule has 2 aliphatic carbocycles. The Kier molecular flexibility index (Phi) is 4.75. The van der Waals surface area contributed by atoms with E-state index in [0.29, 0.717) is 6.04 Å². The number of benzene rings is 1. The molecule has 0 aliphatic heterocycles. The normalized spacial score (nSPS) is 25.9. The second-order valence-corrected chi connectivity index (χ2v) is 7.28. The minimum absolute atomic E-state index is 0.658. The molecule has 1 aromatic rings. The molecule has 2 aliphatic rings. The minimum atomic E-state index is 0.658. The van der Waals surface area contributed by atoms with Gasteiger partial charge in [-0.1, -0.05) is 37.4 Å². The quantitative estimate of drug-likeness (QED) is 0.855. The fourth-order valence-electron chi connectivity index (χ4n) is 3.50. The first-order valence-electron chi connectivity index (χ1n) is 8.40. The Hall–Kier alpha value is -0.730. The summed E-state index contributed by atoms with van der Waals surface area (Å²) >= 11 is 6.49. The van der Waals surface area contributed by atoms with Crippen molar-refractivity contribution in [3.8, 4) is 0 Å². The topological polar surface area (TPSA) is 15.3 Å². The summed E-state index contributed by atoms with van der Waals surface area (Å²) in [4.78, 5) is 2.44. The highest BCUT2D eigenvalue weighted by molar-refractivity contribution is 6.31. The number of rotatable bonds is 5. The molecule has 0 amide bonds. The van der Waals surface area contributed by atoms with Crippen molar-refractivity contribution in [1.82, 2.24) is 5.32 Å². The van der Waals surface area contributed by atoms with Crippen LogP contribution in [0.25, 0.3) is 0 Å². The molecule has 116 valence electrons. The van der Waals surface area contributed by atoms with E-state index in [-0.39, 0.29) is 0 Å². The van der Waals surface area contributed by atoms with Gasteiger partial charge in [0.1, 0.15) is 0 Å². The third-order valence-electron chi connectivity index (χ3n) is 5.17. The van der Waals surface area contributed by atoms with Gasteiger partial charge in [-0.25, -0.2) is 0 Å². The zero-order valence-electron chi connectivity index (χ0n) is 13.2. The molecule has 0 bridgehead atoms. The van der Waals surface area contributed by atoms with Crippen LogP contribution in [0.3, 0.4) is 0 Å². The molecule has 0 heterocycles. The fourth-order valence-corrected chi connectivity index (χ4v) is 3.75. The maximum absolute atomic E-state index is 6.49. The van der Waals surface area contributed by atoms with Crippen LogP contribution >= 0.6 is 11.6 Å². The zero-order valence-corrected chi connectivity index (χ0v) is 14.0. The van der Waals surface area contributed by atoms with Crippen molar-refractivity contribution in [3.63, 3.8) is 0 Å². The molecule has 0 saturated heterocycles. The Labute approximate surface area is 133 Å². The van der Waals surface area contributed by atoms with E-state index < -0.39 is 0 Å². The molecule has 2 unspecified atom stereocenters. The van der Waals surface area contributed by atoms with Gasteiger partial charge in [-0.3, -0.25) is 0 Å². The van der Waals surface area contributed by atoms with E-state index in [9.17, 15) is 0 Å². The predicted octanol–water partition coefficient (Wildman–Crippen LogP) is 4.61. The lowest BCUT2D eigenvalue weighted by molar-refractivity contribution is 0.321. The Bertz CT molecular complexity index is 484. The van der Waals surface area contributed by atoms with E-state index in [1.807, 2.05) is 0 Å². The number of anilines is 1. The SMILES string of the molecule is CC1CCCCC1N(C)c1ccc(CNC2CC2)c(Cl)c1. The molecular weight excluding hydrogens is 280 g/mol. The molecule has 2 nitrogen and oxygen atoms in total. The summed E-state index contributed by atoms with van der Waals surface area (Å²) in [6.45, 7) is 3.28. The summed E-state index contributed by atoms with van der Waals surface area (Å²) in [7, 11) is 2.22. The summed E-state index contributed by atoms with van der Waals surface area (Å²) in [5, 5.41) is 4.43. The Balaban J connectivity index is 1.67. The van der Waals surface area contributed by atoms with Crippen LogP contribution in [-0.4, -0.2) is 19.1 Å². The highest BCUT2D eigenvalue weighted by atomic mass is 35.5. The van der Waals surface area contributed by atoms with Crippen molar-refractivity contribution in [2.75, 3.05) is 11.9 Å². The van der Waals surface area contributed by atoms with Crippen molar-refractivity contribution < 1.29 is 0 Å². The summed E-state index contributed by atoms with van der Waals surface area (Å²) in [6.07, 6.45) is 8.04. The van der Waals surface area contributed by atoms with Crippen LogP contribution in [0.4, 0.5) is 5.69 Å². The summed E-state index contributed by atoms with van der Waals surface area (Å²) < 4.78 is 0. The second kappa shape index (κ2) is 6.58. The number of hydrogen-bond acceptors (Lipinski definition) is 2. The lowest BCUT2D eigenvalue weighted by Crippen LogP contribution is -2.39. The first kappa shape index (κ1) is 15.2. The first-order chi connectivity index (χ1) is 10.1. The Morgan fingerprint density at radius 2 is 1.95 bits per heavy atom. The molecule has 21 heavy (non-hydrogen) atoms. The number of nitrogens with one attached hydrogen (secondary N) is 1. The van der Waals surface area contributed by atoms with E-state index in [4.69, 9.17) is 11.6 Å². The van der Waals surface area contributed by atoms with Gasteiger partial charge in [0, 0.05) is 36.4 Å². The summed E-state index contributed by atoms with van der Waals surface area (Å²) in [6, 6.07) is 7.96. The van der Waals surface area contributed by atoms with E-state index >= 15 is 0 Å². The fraction of sp³-hybridized carbons (Fsp3) is 0.667. The van der Waals surface area contributed by atoms with Crippen LogP contribution in [0.15, 0.2) is 18.2 Å². The maximum Gasteiger partial charge on any atom is 0.0471 e.